The predicted octanol–water partition coefficient (Wildman–Crippen LogP) is 2.36. The average molecular weight is 216 g/mol. The molecule has 0 spiro atoms. The van der Waals surface area contributed by atoms with Crippen LogP contribution in [0.1, 0.15) is 31.2 Å². The summed E-state index contributed by atoms with van der Waals surface area (Å²) in [6.07, 6.45) is 6.07. The Morgan fingerprint density at radius 3 is 2.69 bits per heavy atom. The Balaban J connectivity index is 1.60. The second kappa shape index (κ2) is 4.56. The van der Waals surface area contributed by atoms with Crippen LogP contribution >= 0.6 is 0 Å². The number of nitrogens with one attached hydrogen (secondary N) is 1. The molecule has 2 heteroatoms. The van der Waals surface area contributed by atoms with Crippen LogP contribution in [0, 0.1) is 0 Å². The molecular weight excluding hydrogens is 196 g/mol. The van der Waals surface area contributed by atoms with Crippen LogP contribution in [0.15, 0.2) is 30.3 Å². The fraction of sp³-hybridized carbons (Fsp3) is 0.571. The van der Waals surface area contributed by atoms with Crippen molar-refractivity contribution in [3.05, 3.63) is 35.9 Å². The van der Waals surface area contributed by atoms with Gasteiger partial charge < -0.3 is 0 Å². The highest BCUT2D eigenvalue weighted by atomic mass is 15.3. The van der Waals surface area contributed by atoms with Gasteiger partial charge in [0.05, 0.1) is 6.17 Å². The minimum atomic E-state index is 0.632. The van der Waals surface area contributed by atoms with E-state index in [0.29, 0.717) is 6.17 Å². The van der Waals surface area contributed by atoms with E-state index in [0.717, 1.165) is 12.6 Å². The highest BCUT2D eigenvalue weighted by molar-refractivity contribution is 5.14. The van der Waals surface area contributed by atoms with E-state index in [-0.39, 0.29) is 0 Å². The van der Waals surface area contributed by atoms with E-state index in [1.54, 1.807) is 0 Å². The van der Waals surface area contributed by atoms with E-state index >= 15 is 0 Å². The van der Waals surface area contributed by atoms with Crippen molar-refractivity contribution in [2.75, 3.05) is 6.54 Å². The Labute approximate surface area is 97.6 Å². The predicted molar refractivity (Wildman–Crippen MR) is 66.0 cm³/mol. The lowest BCUT2D eigenvalue weighted by Crippen LogP contribution is -2.41. The number of benzene rings is 1. The molecule has 0 aromatic heterocycles. The monoisotopic (exact) mass is 216 g/mol. The van der Waals surface area contributed by atoms with Crippen LogP contribution in [0.2, 0.25) is 0 Å². The molecule has 1 aromatic carbocycles. The smallest absolute Gasteiger partial charge is 0.0602 e. The van der Waals surface area contributed by atoms with Gasteiger partial charge in [0, 0.05) is 19.1 Å². The highest BCUT2D eigenvalue weighted by Gasteiger charge is 2.30. The lowest BCUT2D eigenvalue weighted by Gasteiger charge is -2.25. The second-order valence-corrected chi connectivity index (χ2v) is 5.06. The van der Waals surface area contributed by atoms with E-state index in [4.69, 9.17) is 0 Å². The van der Waals surface area contributed by atoms with Crippen molar-refractivity contribution in [2.45, 2.75) is 44.4 Å². The number of hydrogen-bond donors (Lipinski definition) is 1. The number of hydrogen-bond acceptors (Lipinski definition) is 2. The molecule has 2 fully saturated rings. The summed E-state index contributed by atoms with van der Waals surface area (Å²) in [4.78, 5) is 2.59. The van der Waals surface area contributed by atoms with Gasteiger partial charge in [-0.2, -0.15) is 0 Å². The summed E-state index contributed by atoms with van der Waals surface area (Å²) in [5.74, 6) is 0. The van der Waals surface area contributed by atoms with Crippen LogP contribution < -0.4 is 5.32 Å². The van der Waals surface area contributed by atoms with Gasteiger partial charge in [-0.25, -0.2) is 0 Å². The summed E-state index contributed by atoms with van der Waals surface area (Å²) in [5.41, 5.74) is 1.44. The first-order valence-electron chi connectivity index (χ1n) is 6.46. The molecule has 1 saturated carbocycles. The summed E-state index contributed by atoms with van der Waals surface area (Å²) in [6, 6.07) is 11.6. The normalized spacial score (nSPS) is 26.1. The van der Waals surface area contributed by atoms with Crippen LogP contribution in [0.5, 0.6) is 0 Å². The molecule has 1 heterocycles. The van der Waals surface area contributed by atoms with Crippen molar-refractivity contribution >= 4 is 0 Å². The molecule has 1 unspecified atom stereocenters. The quantitative estimate of drug-likeness (QED) is 0.831. The third-order valence-electron chi connectivity index (χ3n) is 3.60. The van der Waals surface area contributed by atoms with Crippen molar-refractivity contribution in [1.29, 1.82) is 0 Å². The van der Waals surface area contributed by atoms with Crippen LogP contribution in [-0.4, -0.2) is 23.7 Å². The Hall–Kier alpha value is -0.860. The SMILES string of the molecule is c1ccc(CN2CCCC2NC2CC2)cc1. The van der Waals surface area contributed by atoms with Crippen molar-refractivity contribution in [1.82, 2.24) is 10.2 Å². The Morgan fingerprint density at radius 2 is 1.94 bits per heavy atom. The molecule has 0 amide bonds. The summed E-state index contributed by atoms with van der Waals surface area (Å²) >= 11 is 0. The Kier molecular flexibility index (Phi) is 2.94. The minimum absolute atomic E-state index is 0.632. The summed E-state index contributed by atoms with van der Waals surface area (Å²) < 4.78 is 0. The van der Waals surface area contributed by atoms with Crippen molar-refractivity contribution in [2.24, 2.45) is 0 Å². The van der Waals surface area contributed by atoms with Gasteiger partial charge in [0.25, 0.3) is 0 Å². The Morgan fingerprint density at radius 1 is 1.12 bits per heavy atom. The first kappa shape index (κ1) is 10.3. The largest absolute Gasteiger partial charge is 0.299 e. The first-order valence-corrected chi connectivity index (χ1v) is 6.46. The van der Waals surface area contributed by atoms with Gasteiger partial charge in [0.15, 0.2) is 0 Å². The first-order chi connectivity index (χ1) is 7.92. The standard InChI is InChI=1S/C14H20N2/c1-2-5-12(6-3-1)11-16-10-4-7-14(16)15-13-8-9-13/h1-3,5-6,13-15H,4,7-11H2. The molecule has 0 radical (unpaired) electrons. The van der Waals surface area contributed by atoms with Gasteiger partial charge in [0.1, 0.15) is 0 Å². The van der Waals surface area contributed by atoms with E-state index in [9.17, 15) is 0 Å². The number of nitrogens with zero attached hydrogens (tertiary/aromatic N) is 1. The molecular formula is C14H20N2. The molecule has 1 N–H and O–H groups in total. The fourth-order valence-electron chi connectivity index (χ4n) is 2.54. The molecule has 1 atom stereocenters. The summed E-state index contributed by atoms with van der Waals surface area (Å²) in [6.45, 7) is 2.35. The Bertz CT molecular complexity index is 332. The van der Waals surface area contributed by atoms with E-state index < -0.39 is 0 Å². The molecule has 1 aromatic rings. The molecule has 2 aliphatic rings. The molecule has 0 bridgehead atoms. The summed E-state index contributed by atoms with van der Waals surface area (Å²) in [5, 5.41) is 3.75. The zero-order valence-electron chi connectivity index (χ0n) is 9.73. The maximum Gasteiger partial charge on any atom is 0.0602 e. The molecule has 86 valence electrons. The van der Waals surface area contributed by atoms with Crippen LogP contribution in [0.3, 0.4) is 0 Å². The van der Waals surface area contributed by atoms with Gasteiger partial charge >= 0.3 is 0 Å². The van der Waals surface area contributed by atoms with Gasteiger partial charge in [-0.1, -0.05) is 30.3 Å². The molecule has 16 heavy (non-hydrogen) atoms. The minimum Gasteiger partial charge on any atom is -0.299 e. The topological polar surface area (TPSA) is 15.3 Å². The van der Waals surface area contributed by atoms with Crippen LogP contribution in [0.4, 0.5) is 0 Å². The zero-order valence-corrected chi connectivity index (χ0v) is 9.73. The van der Waals surface area contributed by atoms with Crippen molar-refractivity contribution in [3.8, 4) is 0 Å². The van der Waals surface area contributed by atoms with Crippen LogP contribution in [0.25, 0.3) is 0 Å². The average Bonchev–Trinajstić information content (AvgIpc) is 3.02. The van der Waals surface area contributed by atoms with Gasteiger partial charge in [-0.3, -0.25) is 10.2 Å². The molecule has 1 saturated heterocycles. The van der Waals surface area contributed by atoms with E-state index in [2.05, 4.69) is 40.5 Å². The zero-order chi connectivity index (χ0) is 10.8. The van der Waals surface area contributed by atoms with Gasteiger partial charge in [-0.05, 0) is 31.2 Å². The lowest BCUT2D eigenvalue weighted by molar-refractivity contribution is 0.208. The maximum atomic E-state index is 3.75. The third kappa shape index (κ3) is 2.45. The fourth-order valence-corrected chi connectivity index (χ4v) is 2.54. The van der Waals surface area contributed by atoms with E-state index in [1.165, 1.54) is 37.8 Å². The molecule has 2 nitrogen and oxygen atoms in total. The van der Waals surface area contributed by atoms with Gasteiger partial charge in [0.2, 0.25) is 0 Å². The van der Waals surface area contributed by atoms with Crippen molar-refractivity contribution in [3.63, 3.8) is 0 Å². The van der Waals surface area contributed by atoms with Crippen molar-refractivity contribution < 1.29 is 0 Å². The maximum absolute atomic E-state index is 3.75. The van der Waals surface area contributed by atoms with E-state index in [1.807, 2.05) is 0 Å². The number of likely N-dealkylation sites (tertiary alicyclic amines) is 1. The summed E-state index contributed by atoms with van der Waals surface area (Å²) in [7, 11) is 0. The lowest BCUT2D eigenvalue weighted by atomic mass is 10.2. The van der Waals surface area contributed by atoms with Crippen LogP contribution in [-0.2, 0) is 6.54 Å². The molecule has 1 aliphatic carbocycles. The third-order valence-corrected chi connectivity index (χ3v) is 3.60. The molecule has 1 aliphatic heterocycles. The second-order valence-electron chi connectivity index (χ2n) is 5.06. The molecule has 3 rings (SSSR count). The van der Waals surface area contributed by atoms with Gasteiger partial charge in [-0.15, -0.1) is 0 Å². The number of rotatable bonds is 4. The highest BCUT2D eigenvalue weighted by Crippen LogP contribution is 2.24.